The van der Waals surface area contributed by atoms with Gasteiger partial charge >= 0.3 is 5.97 Å². The molecule has 124 valence electrons. The largest absolute Gasteiger partial charge is 0.479 e. The SMILES string of the molecule is Cc1cc2c(cc1C)C(C(=O)O)N(CCc1ccc(F)cc1)C2=O. The van der Waals surface area contributed by atoms with Crippen LogP contribution in [0, 0.1) is 19.7 Å². The van der Waals surface area contributed by atoms with Gasteiger partial charge in [-0.3, -0.25) is 4.79 Å². The normalized spacial score (nSPS) is 16.4. The van der Waals surface area contributed by atoms with Crippen molar-refractivity contribution < 1.29 is 19.1 Å². The van der Waals surface area contributed by atoms with Gasteiger partial charge < -0.3 is 10.0 Å². The van der Waals surface area contributed by atoms with Gasteiger partial charge in [0.2, 0.25) is 0 Å². The highest BCUT2D eigenvalue weighted by atomic mass is 19.1. The first-order chi connectivity index (χ1) is 11.4. The molecule has 2 aromatic carbocycles. The van der Waals surface area contributed by atoms with E-state index in [1.807, 2.05) is 13.8 Å². The van der Waals surface area contributed by atoms with Crippen LogP contribution in [0.2, 0.25) is 0 Å². The average Bonchev–Trinajstić information content (AvgIpc) is 2.80. The van der Waals surface area contributed by atoms with Crippen molar-refractivity contribution in [3.05, 3.63) is 70.0 Å². The van der Waals surface area contributed by atoms with E-state index in [2.05, 4.69) is 0 Å². The highest BCUT2D eigenvalue weighted by molar-refractivity contribution is 6.03. The Balaban J connectivity index is 1.88. The summed E-state index contributed by atoms with van der Waals surface area (Å²) in [5, 5.41) is 9.60. The Labute approximate surface area is 139 Å². The van der Waals surface area contributed by atoms with Crippen molar-refractivity contribution >= 4 is 11.9 Å². The molecule has 5 heteroatoms. The first kappa shape index (κ1) is 16.2. The first-order valence-corrected chi connectivity index (χ1v) is 7.78. The Kier molecular flexibility index (Phi) is 4.09. The molecule has 2 aromatic rings. The summed E-state index contributed by atoms with van der Waals surface area (Å²) in [4.78, 5) is 25.8. The molecule has 0 aromatic heterocycles. The number of carboxylic acid groups (broad SMARTS) is 1. The van der Waals surface area contributed by atoms with Gasteiger partial charge in [0.25, 0.3) is 5.91 Å². The van der Waals surface area contributed by atoms with Crippen LogP contribution in [0.3, 0.4) is 0 Å². The fraction of sp³-hybridized carbons (Fsp3) is 0.263. The van der Waals surface area contributed by atoms with Crippen LogP contribution in [-0.2, 0) is 11.2 Å². The van der Waals surface area contributed by atoms with Gasteiger partial charge in [-0.05, 0) is 60.7 Å². The lowest BCUT2D eigenvalue weighted by Crippen LogP contribution is -2.34. The third kappa shape index (κ3) is 2.77. The third-order valence-corrected chi connectivity index (χ3v) is 4.55. The van der Waals surface area contributed by atoms with E-state index in [9.17, 15) is 19.1 Å². The van der Waals surface area contributed by atoms with Crippen LogP contribution in [0.5, 0.6) is 0 Å². The molecule has 1 atom stereocenters. The molecular formula is C19H18FNO3. The van der Waals surface area contributed by atoms with Crippen molar-refractivity contribution in [1.29, 1.82) is 0 Å². The predicted molar refractivity (Wildman–Crippen MR) is 87.4 cm³/mol. The number of aliphatic carboxylic acids is 1. The van der Waals surface area contributed by atoms with E-state index in [-0.39, 0.29) is 18.3 Å². The molecule has 1 aliphatic rings. The minimum Gasteiger partial charge on any atom is -0.479 e. The second-order valence-corrected chi connectivity index (χ2v) is 6.14. The van der Waals surface area contributed by atoms with Crippen LogP contribution in [0.4, 0.5) is 4.39 Å². The molecule has 0 bridgehead atoms. The number of hydrogen-bond acceptors (Lipinski definition) is 2. The van der Waals surface area contributed by atoms with Gasteiger partial charge in [0.05, 0.1) is 0 Å². The Morgan fingerprint density at radius 3 is 2.42 bits per heavy atom. The van der Waals surface area contributed by atoms with Crippen LogP contribution in [0.15, 0.2) is 36.4 Å². The van der Waals surface area contributed by atoms with Crippen LogP contribution in [0.25, 0.3) is 0 Å². The smallest absolute Gasteiger partial charge is 0.331 e. The van der Waals surface area contributed by atoms with E-state index in [1.165, 1.54) is 17.0 Å². The molecule has 0 fully saturated rings. The maximum atomic E-state index is 13.0. The van der Waals surface area contributed by atoms with Crippen molar-refractivity contribution in [2.24, 2.45) is 0 Å². The lowest BCUT2D eigenvalue weighted by molar-refractivity contribution is -0.142. The number of fused-ring (bicyclic) bond motifs is 1. The second kappa shape index (κ2) is 6.07. The fourth-order valence-electron chi connectivity index (χ4n) is 3.09. The number of amides is 1. The number of nitrogens with zero attached hydrogens (tertiary/aromatic N) is 1. The number of benzene rings is 2. The molecule has 0 aliphatic carbocycles. The molecule has 0 radical (unpaired) electrons. The molecule has 24 heavy (non-hydrogen) atoms. The molecule has 1 aliphatic heterocycles. The minimum atomic E-state index is -1.04. The summed E-state index contributed by atoms with van der Waals surface area (Å²) >= 11 is 0. The summed E-state index contributed by atoms with van der Waals surface area (Å²) in [5.74, 6) is -1.62. The van der Waals surface area contributed by atoms with Gasteiger partial charge in [-0.15, -0.1) is 0 Å². The average molecular weight is 327 g/mol. The first-order valence-electron chi connectivity index (χ1n) is 7.78. The van der Waals surface area contributed by atoms with Gasteiger partial charge in [-0.2, -0.15) is 0 Å². The fourth-order valence-corrected chi connectivity index (χ4v) is 3.09. The lowest BCUT2D eigenvalue weighted by atomic mass is 9.98. The standard InChI is InChI=1S/C19H18FNO3/c1-11-9-15-16(10-12(11)2)18(22)21(17(15)19(23)24)8-7-13-3-5-14(20)6-4-13/h3-6,9-10,17H,7-8H2,1-2H3,(H,23,24). The van der Waals surface area contributed by atoms with Gasteiger partial charge in [-0.25, -0.2) is 9.18 Å². The van der Waals surface area contributed by atoms with E-state index in [4.69, 9.17) is 0 Å². The van der Waals surface area contributed by atoms with Crippen LogP contribution in [-0.4, -0.2) is 28.4 Å². The molecule has 3 rings (SSSR count). The maximum Gasteiger partial charge on any atom is 0.331 e. The molecule has 0 spiro atoms. The number of carbonyl (C=O) groups excluding carboxylic acids is 1. The zero-order valence-electron chi connectivity index (χ0n) is 13.5. The van der Waals surface area contributed by atoms with Crippen LogP contribution < -0.4 is 0 Å². The molecule has 1 heterocycles. The molecule has 0 saturated carbocycles. The van der Waals surface area contributed by atoms with E-state index >= 15 is 0 Å². The van der Waals surface area contributed by atoms with Crippen molar-refractivity contribution in [3.63, 3.8) is 0 Å². The molecule has 1 N–H and O–H groups in total. The van der Waals surface area contributed by atoms with Crippen molar-refractivity contribution in [2.75, 3.05) is 6.54 Å². The van der Waals surface area contributed by atoms with Crippen molar-refractivity contribution in [3.8, 4) is 0 Å². The third-order valence-electron chi connectivity index (χ3n) is 4.55. The second-order valence-electron chi connectivity index (χ2n) is 6.14. The number of aryl methyl sites for hydroxylation is 2. The Morgan fingerprint density at radius 2 is 1.79 bits per heavy atom. The van der Waals surface area contributed by atoms with Gasteiger partial charge in [0.1, 0.15) is 5.82 Å². The predicted octanol–water partition coefficient (Wildman–Crippen LogP) is 3.27. The van der Waals surface area contributed by atoms with Gasteiger partial charge in [0.15, 0.2) is 6.04 Å². The van der Waals surface area contributed by atoms with Gasteiger partial charge in [-0.1, -0.05) is 18.2 Å². The summed E-state index contributed by atoms with van der Waals surface area (Å²) in [6, 6.07) is 8.60. The highest BCUT2D eigenvalue weighted by Gasteiger charge is 2.41. The monoisotopic (exact) mass is 327 g/mol. The van der Waals surface area contributed by atoms with E-state index in [0.717, 1.165) is 16.7 Å². The Morgan fingerprint density at radius 1 is 1.17 bits per heavy atom. The molecule has 1 amide bonds. The molecular weight excluding hydrogens is 309 g/mol. The molecule has 1 unspecified atom stereocenters. The number of carbonyl (C=O) groups is 2. The highest BCUT2D eigenvalue weighted by Crippen LogP contribution is 2.35. The van der Waals surface area contributed by atoms with Crippen LogP contribution >= 0.6 is 0 Å². The summed E-state index contributed by atoms with van der Waals surface area (Å²) in [6.07, 6.45) is 0.474. The lowest BCUT2D eigenvalue weighted by Gasteiger charge is -2.22. The van der Waals surface area contributed by atoms with Crippen LogP contribution in [0.1, 0.15) is 38.7 Å². The van der Waals surface area contributed by atoms with E-state index in [1.54, 1.807) is 24.3 Å². The van der Waals surface area contributed by atoms with Gasteiger partial charge in [0, 0.05) is 12.1 Å². The topological polar surface area (TPSA) is 57.6 Å². The number of rotatable bonds is 4. The zero-order valence-corrected chi connectivity index (χ0v) is 13.5. The number of halogens is 1. The zero-order chi connectivity index (χ0) is 17.4. The number of hydrogen-bond donors (Lipinski definition) is 1. The Bertz CT molecular complexity index is 814. The summed E-state index contributed by atoms with van der Waals surface area (Å²) in [5.41, 5.74) is 3.80. The van der Waals surface area contributed by atoms with E-state index < -0.39 is 12.0 Å². The molecule has 4 nitrogen and oxygen atoms in total. The summed E-state index contributed by atoms with van der Waals surface area (Å²) < 4.78 is 13.0. The van der Waals surface area contributed by atoms with Crippen molar-refractivity contribution in [1.82, 2.24) is 4.90 Å². The van der Waals surface area contributed by atoms with Crippen molar-refractivity contribution in [2.45, 2.75) is 26.3 Å². The molecule has 0 saturated heterocycles. The summed E-state index contributed by atoms with van der Waals surface area (Å²) in [6.45, 7) is 4.08. The quantitative estimate of drug-likeness (QED) is 0.938. The number of carboxylic acids is 1. The minimum absolute atomic E-state index is 0.261. The van der Waals surface area contributed by atoms with E-state index in [0.29, 0.717) is 17.5 Å². The maximum absolute atomic E-state index is 13.0. The summed E-state index contributed by atoms with van der Waals surface area (Å²) in [7, 11) is 0. The Hall–Kier alpha value is -2.69.